The Morgan fingerprint density at radius 1 is 1.04 bits per heavy atom. The van der Waals surface area contributed by atoms with Crippen molar-refractivity contribution >= 4 is 5.91 Å². The van der Waals surface area contributed by atoms with E-state index in [1.54, 1.807) is 0 Å². The third-order valence-corrected chi connectivity index (χ3v) is 4.41. The first-order chi connectivity index (χ1) is 11.5. The number of carbonyl (C=O) groups is 1. The van der Waals surface area contributed by atoms with Crippen molar-refractivity contribution in [1.82, 2.24) is 5.32 Å². The van der Waals surface area contributed by atoms with Crippen LogP contribution >= 0.6 is 0 Å². The fourth-order valence-corrected chi connectivity index (χ4v) is 3.06. The van der Waals surface area contributed by atoms with Crippen LogP contribution in [0.15, 0.2) is 42.5 Å². The van der Waals surface area contributed by atoms with E-state index in [1.807, 2.05) is 26.0 Å². The van der Waals surface area contributed by atoms with Crippen LogP contribution in [-0.4, -0.2) is 12.5 Å². The molecule has 2 aromatic carbocycles. The second-order valence-corrected chi connectivity index (χ2v) is 6.91. The van der Waals surface area contributed by atoms with E-state index in [1.165, 1.54) is 24.0 Å². The lowest BCUT2D eigenvalue weighted by Crippen LogP contribution is -2.33. The molecule has 1 unspecified atom stereocenters. The van der Waals surface area contributed by atoms with Gasteiger partial charge in [0.1, 0.15) is 5.75 Å². The van der Waals surface area contributed by atoms with Gasteiger partial charge in [0.25, 0.3) is 5.91 Å². The van der Waals surface area contributed by atoms with Gasteiger partial charge in [0.15, 0.2) is 6.61 Å². The van der Waals surface area contributed by atoms with Crippen LogP contribution < -0.4 is 10.1 Å². The monoisotopic (exact) mass is 323 g/mol. The van der Waals surface area contributed by atoms with Gasteiger partial charge in [0.05, 0.1) is 6.04 Å². The fourth-order valence-electron chi connectivity index (χ4n) is 3.06. The maximum atomic E-state index is 12.3. The van der Waals surface area contributed by atoms with Gasteiger partial charge in [0.2, 0.25) is 0 Å². The zero-order valence-corrected chi connectivity index (χ0v) is 14.6. The molecular formula is C21H25NO2. The highest BCUT2D eigenvalue weighted by Gasteiger charge is 2.33. The van der Waals surface area contributed by atoms with Crippen molar-refractivity contribution in [2.45, 2.75) is 39.7 Å². The Kier molecular flexibility index (Phi) is 4.89. The molecule has 0 bridgehead atoms. The number of hydrogen-bond acceptors (Lipinski definition) is 2. The molecule has 24 heavy (non-hydrogen) atoms. The highest BCUT2D eigenvalue weighted by molar-refractivity contribution is 5.78. The normalized spacial score (nSPS) is 15.0. The second kappa shape index (κ2) is 7.08. The van der Waals surface area contributed by atoms with E-state index in [0.29, 0.717) is 5.92 Å². The van der Waals surface area contributed by atoms with Crippen molar-refractivity contribution in [3.63, 3.8) is 0 Å². The summed E-state index contributed by atoms with van der Waals surface area (Å²) in [6.07, 6.45) is 2.35. The molecule has 3 nitrogen and oxygen atoms in total. The average molecular weight is 323 g/mol. The summed E-state index contributed by atoms with van der Waals surface area (Å²) in [7, 11) is 0. The minimum absolute atomic E-state index is 0.0535. The summed E-state index contributed by atoms with van der Waals surface area (Å²) in [5.41, 5.74) is 4.70. The molecule has 1 saturated carbocycles. The highest BCUT2D eigenvalue weighted by atomic mass is 16.5. The highest BCUT2D eigenvalue weighted by Crippen LogP contribution is 2.41. The predicted molar refractivity (Wildman–Crippen MR) is 96.2 cm³/mol. The number of hydrogen-bond donors (Lipinski definition) is 1. The number of rotatable bonds is 6. The Morgan fingerprint density at radius 3 is 2.25 bits per heavy atom. The van der Waals surface area contributed by atoms with Gasteiger partial charge in [-0.1, -0.05) is 35.9 Å². The molecule has 0 aliphatic heterocycles. The van der Waals surface area contributed by atoms with Gasteiger partial charge in [-0.25, -0.2) is 0 Å². The Morgan fingerprint density at radius 2 is 1.67 bits per heavy atom. The van der Waals surface area contributed by atoms with Crippen LogP contribution in [0.1, 0.15) is 41.1 Å². The number of benzene rings is 2. The van der Waals surface area contributed by atoms with E-state index < -0.39 is 0 Å². The summed E-state index contributed by atoms with van der Waals surface area (Å²) in [5, 5.41) is 3.15. The predicted octanol–water partition coefficient (Wildman–Crippen LogP) is 4.26. The van der Waals surface area contributed by atoms with E-state index in [0.717, 1.165) is 16.9 Å². The van der Waals surface area contributed by atoms with Gasteiger partial charge in [-0.3, -0.25) is 4.79 Å². The second-order valence-electron chi connectivity index (χ2n) is 6.91. The lowest BCUT2D eigenvalue weighted by molar-refractivity contribution is -0.124. The molecule has 0 aromatic heterocycles. The zero-order chi connectivity index (χ0) is 17.1. The van der Waals surface area contributed by atoms with Gasteiger partial charge in [-0.2, -0.15) is 0 Å². The van der Waals surface area contributed by atoms with Crippen LogP contribution in [0.4, 0.5) is 0 Å². The minimum Gasteiger partial charge on any atom is -0.484 e. The first-order valence-corrected chi connectivity index (χ1v) is 8.58. The molecule has 0 saturated heterocycles. The van der Waals surface area contributed by atoms with Crippen LogP contribution in [-0.2, 0) is 4.79 Å². The molecule has 1 fully saturated rings. The lowest BCUT2D eigenvalue weighted by Gasteiger charge is -2.19. The molecular weight excluding hydrogens is 298 g/mol. The quantitative estimate of drug-likeness (QED) is 0.862. The number of nitrogens with one attached hydrogen (secondary N) is 1. The molecule has 3 heteroatoms. The number of aryl methyl sites for hydroxylation is 3. The van der Waals surface area contributed by atoms with E-state index in [-0.39, 0.29) is 18.6 Å². The molecule has 3 rings (SSSR count). The SMILES string of the molecule is Cc1ccc(C(NC(=O)COc2cc(C)cc(C)c2)C2CC2)cc1. The number of carbonyl (C=O) groups excluding carboxylic acids is 1. The molecule has 1 atom stereocenters. The van der Waals surface area contributed by atoms with E-state index in [2.05, 4.69) is 42.6 Å². The molecule has 1 aliphatic rings. The number of ether oxygens (including phenoxy) is 1. The van der Waals surface area contributed by atoms with Crippen LogP contribution in [0.3, 0.4) is 0 Å². The van der Waals surface area contributed by atoms with Crippen LogP contribution in [0.25, 0.3) is 0 Å². The molecule has 1 amide bonds. The van der Waals surface area contributed by atoms with E-state index in [9.17, 15) is 4.79 Å². The van der Waals surface area contributed by atoms with Gasteiger partial charge in [0, 0.05) is 0 Å². The van der Waals surface area contributed by atoms with Crippen LogP contribution in [0, 0.1) is 26.7 Å². The molecule has 2 aromatic rings. The standard InChI is InChI=1S/C21H25NO2/c1-14-4-6-17(7-5-14)21(18-8-9-18)22-20(23)13-24-19-11-15(2)10-16(3)12-19/h4-7,10-12,18,21H,8-9,13H2,1-3H3,(H,22,23). The number of amides is 1. The molecule has 0 spiro atoms. The average Bonchev–Trinajstić information content (AvgIpc) is 3.35. The molecule has 0 heterocycles. The van der Waals surface area contributed by atoms with E-state index in [4.69, 9.17) is 4.74 Å². The summed E-state index contributed by atoms with van der Waals surface area (Å²) in [5.74, 6) is 1.24. The Bertz CT molecular complexity index is 697. The smallest absolute Gasteiger partial charge is 0.258 e. The minimum atomic E-state index is -0.0633. The molecule has 126 valence electrons. The first-order valence-electron chi connectivity index (χ1n) is 8.58. The fraction of sp³-hybridized carbons (Fsp3) is 0.381. The zero-order valence-electron chi connectivity index (χ0n) is 14.6. The molecule has 0 radical (unpaired) electrons. The molecule has 1 N–H and O–H groups in total. The van der Waals surface area contributed by atoms with Crippen molar-refractivity contribution in [2.75, 3.05) is 6.61 Å². The van der Waals surface area contributed by atoms with Gasteiger partial charge >= 0.3 is 0 Å². The summed E-state index contributed by atoms with van der Waals surface area (Å²) in [4.78, 5) is 12.3. The first kappa shape index (κ1) is 16.6. The summed E-state index contributed by atoms with van der Waals surface area (Å²) < 4.78 is 5.67. The molecule has 1 aliphatic carbocycles. The summed E-state index contributed by atoms with van der Waals surface area (Å²) >= 11 is 0. The van der Waals surface area contributed by atoms with Crippen LogP contribution in [0.2, 0.25) is 0 Å². The summed E-state index contributed by atoms with van der Waals surface area (Å²) in [6.45, 7) is 6.19. The maximum Gasteiger partial charge on any atom is 0.258 e. The van der Waals surface area contributed by atoms with Crippen molar-refractivity contribution in [3.8, 4) is 5.75 Å². The Labute approximate surface area is 144 Å². The van der Waals surface area contributed by atoms with Gasteiger partial charge in [-0.15, -0.1) is 0 Å². The van der Waals surface area contributed by atoms with Gasteiger partial charge < -0.3 is 10.1 Å². The summed E-state index contributed by atoms with van der Waals surface area (Å²) in [6, 6.07) is 14.5. The van der Waals surface area contributed by atoms with Gasteiger partial charge in [-0.05, 0) is 68.4 Å². The topological polar surface area (TPSA) is 38.3 Å². The lowest BCUT2D eigenvalue weighted by atomic mass is 10.0. The Hall–Kier alpha value is -2.29. The maximum absolute atomic E-state index is 12.3. The van der Waals surface area contributed by atoms with Crippen molar-refractivity contribution < 1.29 is 9.53 Å². The third kappa shape index (κ3) is 4.38. The van der Waals surface area contributed by atoms with Crippen molar-refractivity contribution in [3.05, 3.63) is 64.7 Å². The van der Waals surface area contributed by atoms with Crippen molar-refractivity contribution in [1.29, 1.82) is 0 Å². The van der Waals surface area contributed by atoms with Crippen LogP contribution in [0.5, 0.6) is 5.75 Å². The van der Waals surface area contributed by atoms with E-state index >= 15 is 0 Å². The van der Waals surface area contributed by atoms with Crippen molar-refractivity contribution in [2.24, 2.45) is 5.92 Å². The Balaban J connectivity index is 1.60. The largest absolute Gasteiger partial charge is 0.484 e. The third-order valence-electron chi connectivity index (χ3n) is 4.41.